The molecule has 4 amide bonds. The second-order valence-corrected chi connectivity index (χ2v) is 19.8. The zero-order valence-corrected chi connectivity index (χ0v) is 37.7. The lowest BCUT2D eigenvalue weighted by molar-refractivity contribution is -0.124. The van der Waals surface area contributed by atoms with E-state index >= 15 is 0 Å². The van der Waals surface area contributed by atoms with Crippen molar-refractivity contribution in [3.8, 4) is 0 Å². The maximum absolute atomic E-state index is 13.5. The molecule has 2 N–H and O–H groups in total. The van der Waals surface area contributed by atoms with E-state index in [0.717, 1.165) is 95.8 Å². The Morgan fingerprint density at radius 1 is 0.603 bits per heavy atom. The van der Waals surface area contributed by atoms with Crippen LogP contribution in [0, 0.1) is 0 Å². The van der Waals surface area contributed by atoms with Gasteiger partial charge in [0.1, 0.15) is 18.6 Å². The van der Waals surface area contributed by atoms with Crippen molar-refractivity contribution in [3.63, 3.8) is 0 Å². The lowest BCUT2D eigenvalue weighted by Gasteiger charge is -2.14. The van der Waals surface area contributed by atoms with Crippen molar-refractivity contribution < 1.29 is 38.2 Å². The number of fused-ring (bicyclic) bond motifs is 2. The third-order valence-electron chi connectivity index (χ3n) is 10.3. The van der Waals surface area contributed by atoms with Crippen LogP contribution in [0.2, 0.25) is 0 Å². The number of ether oxygens (including phenoxy) is 2. The van der Waals surface area contributed by atoms with Gasteiger partial charge in [0.2, 0.25) is 11.8 Å². The molecule has 2 aliphatic carbocycles. The van der Waals surface area contributed by atoms with Gasteiger partial charge in [0.05, 0.1) is 34.2 Å². The summed E-state index contributed by atoms with van der Waals surface area (Å²) >= 11 is 16.2. The molecule has 0 aromatic carbocycles. The minimum Gasteiger partial charge on any atom is -0.462 e. The number of nitrogens with zero attached hydrogens (tertiary/aromatic N) is 2. The molecule has 4 heterocycles. The number of amides is 4. The number of nitrogens with one attached hydrogen (secondary N) is 2. The number of esters is 2. The standard InChI is InChI=1S/C40H48N4O8S6/c1-3-51-37(49)29-23-15-9-11-17-25(23)55-33(29)41-27(45)19-7-5-13-21-43-35(47)31(57-39(43)53)32-36(48)44(40(54)58-32)22-14-6-8-20-28(46)42-34-30(38(50)52-4-2)24-16-10-12-18-26(24)56-34/h3-22H2,1-2H3,(H,41,45)(H,42,46)/b32-31+. The van der Waals surface area contributed by atoms with E-state index in [0.29, 0.717) is 81.4 Å². The number of aryl methyl sites for hydroxylation is 2. The van der Waals surface area contributed by atoms with Gasteiger partial charge in [-0.15, -0.1) is 22.7 Å². The molecule has 2 aromatic rings. The molecule has 4 aliphatic rings. The summed E-state index contributed by atoms with van der Waals surface area (Å²) in [5.74, 6) is -1.74. The van der Waals surface area contributed by atoms with Crippen LogP contribution in [0.1, 0.15) is 132 Å². The van der Waals surface area contributed by atoms with Gasteiger partial charge in [-0.2, -0.15) is 0 Å². The molecule has 2 fully saturated rings. The summed E-state index contributed by atoms with van der Waals surface area (Å²) < 4.78 is 11.4. The van der Waals surface area contributed by atoms with E-state index in [9.17, 15) is 28.8 Å². The van der Waals surface area contributed by atoms with Crippen molar-refractivity contribution in [2.75, 3.05) is 36.9 Å². The number of rotatable bonds is 18. The zero-order valence-electron chi connectivity index (χ0n) is 32.8. The number of carbonyl (C=O) groups is 6. The van der Waals surface area contributed by atoms with Crippen molar-refractivity contribution in [1.82, 2.24) is 9.80 Å². The van der Waals surface area contributed by atoms with Crippen LogP contribution in [0.3, 0.4) is 0 Å². The van der Waals surface area contributed by atoms with Crippen LogP contribution in [0.5, 0.6) is 0 Å². The highest BCUT2D eigenvalue weighted by atomic mass is 32.2. The Labute approximate surface area is 366 Å². The third kappa shape index (κ3) is 10.4. The molecule has 12 nitrogen and oxygen atoms in total. The van der Waals surface area contributed by atoms with Crippen LogP contribution in [0.4, 0.5) is 10.0 Å². The first kappa shape index (κ1) is 44.4. The summed E-state index contributed by atoms with van der Waals surface area (Å²) in [7, 11) is 0. The van der Waals surface area contributed by atoms with E-state index in [2.05, 4.69) is 10.6 Å². The van der Waals surface area contributed by atoms with E-state index in [1.165, 1.54) is 32.5 Å². The van der Waals surface area contributed by atoms with E-state index < -0.39 is 11.9 Å². The lowest BCUT2D eigenvalue weighted by atomic mass is 9.95. The van der Waals surface area contributed by atoms with Crippen molar-refractivity contribution in [3.05, 3.63) is 41.8 Å². The number of hydrogen-bond donors (Lipinski definition) is 2. The Balaban J connectivity index is 0.921. The Bertz CT molecular complexity index is 1880. The molecule has 2 aromatic heterocycles. The van der Waals surface area contributed by atoms with Gasteiger partial charge < -0.3 is 20.1 Å². The molecule has 0 unspecified atom stereocenters. The molecule has 0 spiro atoms. The highest BCUT2D eigenvalue weighted by molar-refractivity contribution is 8.29. The first-order valence-corrected chi connectivity index (χ1v) is 24.1. The molecular weight excluding hydrogens is 857 g/mol. The van der Waals surface area contributed by atoms with Crippen molar-refractivity contribution in [2.45, 2.75) is 117 Å². The van der Waals surface area contributed by atoms with Gasteiger partial charge in [-0.05, 0) is 102 Å². The molecule has 18 heteroatoms. The van der Waals surface area contributed by atoms with Crippen LogP contribution >= 0.6 is 70.6 Å². The topological polar surface area (TPSA) is 151 Å². The second kappa shape index (κ2) is 20.9. The largest absolute Gasteiger partial charge is 0.462 e. The Morgan fingerprint density at radius 3 is 1.40 bits per heavy atom. The van der Waals surface area contributed by atoms with E-state index in [1.807, 2.05) is 0 Å². The predicted octanol–water partition coefficient (Wildman–Crippen LogP) is 8.55. The fourth-order valence-corrected chi connectivity index (χ4v) is 12.8. The SMILES string of the molecule is CCOC(=O)c1c(NC(=O)CCCCCN2C(=O)/C(=C3\SC(=S)N(CCCCCC(=O)Nc4sc5c(c4C(=O)OCC)CCCC5)C3=O)SC2=S)sc2c1CCCC2. The summed E-state index contributed by atoms with van der Waals surface area (Å²) in [5, 5.41) is 7.04. The van der Waals surface area contributed by atoms with E-state index in [1.54, 1.807) is 13.8 Å². The first-order chi connectivity index (χ1) is 28.0. The fourth-order valence-electron chi connectivity index (χ4n) is 7.44. The predicted molar refractivity (Wildman–Crippen MR) is 239 cm³/mol. The summed E-state index contributed by atoms with van der Waals surface area (Å²) in [6.45, 7) is 4.81. The normalized spacial score (nSPS) is 17.8. The van der Waals surface area contributed by atoms with Crippen LogP contribution in [-0.2, 0) is 54.3 Å². The highest BCUT2D eigenvalue weighted by Crippen LogP contribution is 2.43. The molecule has 2 aliphatic heterocycles. The molecule has 0 atom stereocenters. The number of thiocarbonyl (C=S) groups is 2. The summed E-state index contributed by atoms with van der Waals surface area (Å²) in [5.41, 5.74) is 3.01. The average Bonchev–Trinajstić information content (AvgIpc) is 3.91. The molecule has 6 rings (SSSR count). The number of carbonyl (C=O) groups excluding carboxylic acids is 6. The van der Waals surface area contributed by atoms with E-state index in [-0.39, 0.29) is 59.5 Å². The molecule has 58 heavy (non-hydrogen) atoms. The monoisotopic (exact) mass is 904 g/mol. The van der Waals surface area contributed by atoms with Crippen molar-refractivity contribution in [1.29, 1.82) is 0 Å². The fraction of sp³-hybridized carbons (Fsp3) is 0.550. The quantitative estimate of drug-likeness (QED) is 0.0639. The van der Waals surface area contributed by atoms with Gasteiger partial charge in [0, 0.05) is 35.7 Å². The summed E-state index contributed by atoms with van der Waals surface area (Å²) in [4.78, 5) is 84.1. The average molecular weight is 905 g/mol. The Morgan fingerprint density at radius 2 is 1.00 bits per heavy atom. The number of unbranched alkanes of at least 4 members (excludes halogenated alkanes) is 4. The summed E-state index contributed by atoms with van der Waals surface area (Å²) in [6, 6.07) is 0. The number of thioether (sulfide) groups is 2. The molecule has 312 valence electrons. The van der Waals surface area contributed by atoms with Crippen molar-refractivity contribution in [2.24, 2.45) is 0 Å². The maximum Gasteiger partial charge on any atom is 0.341 e. The number of thiophene rings is 2. The molecule has 0 bridgehead atoms. The minimum absolute atomic E-state index is 0.167. The van der Waals surface area contributed by atoms with Gasteiger partial charge in [-0.3, -0.25) is 29.0 Å². The molecular formula is C40H48N4O8S6. The molecule has 0 saturated carbocycles. The Kier molecular flexibility index (Phi) is 16.0. The highest BCUT2D eigenvalue weighted by Gasteiger charge is 2.41. The third-order valence-corrected chi connectivity index (χ3v) is 15.7. The molecule has 2 saturated heterocycles. The van der Waals surface area contributed by atoms with Gasteiger partial charge in [-0.1, -0.05) is 60.8 Å². The smallest absolute Gasteiger partial charge is 0.341 e. The van der Waals surface area contributed by atoms with Gasteiger partial charge in [0.15, 0.2) is 0 Å². The van der Waals surface area contributed by atoms with Crippen LogP contribution in [-0.4, -0.2) is 80.3 Å². The van der Waals surface area contributed by atoms with Gasteiger partial charge >= 0.3 is 11.9 Å². The van der Waals surface area contributed by atoms with Crippen LogP contribution in [0.25, 0.3) is 0 Å². The maximum atomic E-state index is 13.5. The molecule has 0 radical (unpaired) electrons. The first-order valence-electron chi connectivity index (χ1n) is 20.1. The van der Waals surface area contributed by atoms with E-state index in [4.69, 9.17) is 33.9 Å². The number of hydrogen-bond acceptors (Lipinski definition) is 14. The summed E-state index contributed by atoms with van der Waals surface area (Å²) in [6.07, 6.45) is 11.9. The van der Waals surface area contributed by atoms with Crippen LogP contribution in [0.15, 0.2) is 9.81 Å². The van der Waals surface area contributed by atoms with Crippen molar-refractivity contribution >= 4 is 125 Å². The van der Waals surface area contributed by atoms with Crippen LogP contribution < -0.4 is 10.6 Å². The lowest BCUT2D eigenvalue weighted by Crippen LogP contribution is -2.31. The van der Waals surface area contributed by atoms with Gasteiger partial charge in [0.25, 0.3) is 11.8 Å². The minimum atomic E-state index is -0.391. The second-order valence-electron chi connectivity index (χ2n) is 14.3. The zero-order chi connectivity index (χ0) is 41.3. The number of anilines is 2. The Hall–Kier alpha value is -3.16. The van der Waals surface area contributed by atoms with Gasteiger partial charge in [-0.25, -0.2) is 9.59 Å².